The molecule has 0 aliphatic heterocycles. The highest BCUT2D eigenvalue weighted by atomic mass is 16.3. The van der Waals surface area contributed by atoms with E-state index in [2.05, 4.69) is 0 Å². The summed E-state index contributed by atoms with van der Waals surface area (Å²) < 4.78 is 0. The van der Waals surface area contributed by atoms with Crippen molar-refractivity contribution in [2.75, 3.05) is 13.2 Å². The molecule has 2 rings (SSSR count). The Morgan fingerprint density at radius 1 is 1.25 bits per heavy atom. The molecule has 0 saturated heterocycles. The Morgan fingerprint density at radius 2 is 2.00 bits per heavy atom. The highest BCUT2D eigenvalue weighted by Gasteiger charge is 2.55. The van der Waals surface area contributed by atoms with Crippen LogP contribution in [0.1, 0.15) is 19.3 Å². The summed E-state index contributed by atoms with van der Waals surface area (Å²) in [4.78, 5) is 0. The Balaban J connectivity index is 2.14. The molecule has 4 atom stereocenters. The van der Waals surface area contributed by atoms with Gasteiger partial charge in [0, 0.05) is 12.0 Å². The third kappa shape index (κ3) is 0.934. The first-order valence-electron chi connectivity index (χ1n) is 4.61. The molecule has 0 amide bonds. The van der Waals surface area contributed by atoms with Crippen molar-refractivity contribution in [2.24, 2.45) is 17.3 Å². The molecule has 0 aromatic carbocycles. The molecule has 2 aliphatic rings. The molecule has 4 unspecified atom stereocenters. The van der Waals surface area contributed by atoms with E-state index in [0.717, 1.165) is 19.3 Å². The zero-order valence-electron chi connectivity index (χ0n) is 7.11. The van der Waals surface area contributed by atoms with Gasteiger partial charge in [0.25, 0.3) is 0 Å². The molecular formula is C9H16O3. The van der Waals surface area contributed by atoms with Crippen molar-refractivity contribution in [2.45, 2.75) is 25.4 Å². The summed E-state index contributed by atoms with van der Waals surface area (Å²) in [5.74, 6) is 0.762. The fourth-order valence-electron chi connectivity index (χ4n) is 2.99. The zero-order chi connectivity index (χ0) is 8.77. The largest absolute Gasteiger partial charge is 0.396 e. The third-order valence-corrected chi connectivity index (χ3v) is 3.79. The average Bonchev–Trinajstić information content (AvgIpc) is 2.58. The lowest BCUT2D eigenvalue weighted by Gasteiger charge is -2.32. The first kappa shape index (κ1) is 8.48. The lowest BCUT2D eigenvalue weighted by Crippen LogP contribution is -2.36. The lowest BCUT2D eigenvalue weighted by atomic mass is 9.79. The molecule has 2 bridgehead atoms. The van der Waals surface area contributed by atoms with Crippen LogP contribution in [0.5, 0.6) is 0 Å². The van der Waals surface area contributed by atoms with Crippen molar-refractivity contribution < 1.29 is 15.3 Å². The standard InChI is InChI=1S/C9H16O3/c10-4-7-3-9(5-11)2-6(7)1-8(9)12/h6-8,10-12H,1-5H2. The molecule has 3 heteroatoms. The lowest BCUT2D eigenvalue weighted by molar-refractivity contribution is -0.0176. The van der Waals surface area contributed by atoms with Gasteiger partial charge in [-0.2, -0.15) is 0 Å². The highest BCUT2D eigenvalue weighted by molar-refractivity contribution is 5.05. The van der Waals surface area contributed by atoms with Crippen LogP contribution in [0.25, 0.3) is 0 Å². The number of hydrogen-bond acceptors (Lipinski definition) is 3. The van der Waals surface area contributed by atoms with Gasteiger partial charge in [0.15, 0.2) is 0 Å². The molecule has 0 radical (unpaired) electrons. The van der Waals surface area contributed by atoms with Gasteiger partial charge in [-0.05, 0) is 31.1 Å². The second-order valence-electron chi connectivity index (χ2n) is 4.38. The minimum absolute atomic E-state index is 0.0706. The van der Waals surface area contributed by atoms with Crippen LogP contribution in [0.15, 0.2) is 0 Å². The van der Waals surface area contributed by atoms with E-state index >= 15 is 0 Å². The van der Waals surface area contributed by atoms with E-state index in [-0.39, 0.29) is 24.7 Å². The third-order valence-electron chi connectivity index (χ3n) is 3.79. The van der Waals surface area contributed by atoms with Gasteiger partial charge >= 0.3 is 0 Å². The second-order valence-corrected chi connectivity index (χ2v) is 4.38. The summed E-state index contributed by atoms with van der Waals surface area (Å²) in [5.41, 5.74) is -0.266. The van der Waals surface area contributed by atoms with E-state index in [9.17, 15) is 10.2 Å². The van der Waals surface area contributed by atoms with Crippen LogP contribution < -0.4 is 0 Å². The Hall–Kier alpha value is -0.120. The van der Waals surface area contributed by atoms with Crippen molar-refractivity contribution in [3.63, 3.8) is 0 Å². The second kappa shape index (κ2) is 2.69. The fraction of sp³-hybridized carbons (Fsp3) is 1.00. The maximum Gasteiger partial charge on any atom is 0.0621 e. The zero-order valence-corrected chi connectivity index (χ0v) is 7.11. The molecule has 3 nitrogen and oxygen atoms in total. The maximum absolute atomic E-state index is 9.64. The minimum Gasteiger partial charge on any atom is -0.396 e. The predicted octanol–water partition coefficient (Wildman–Crippen LogP) is -0.252. The van der Waals surface area contributed by atoms with Gasteiger partial charge in [-0.3, -0.25) is 0 Å². The van der Waals surface area contributed by atoms with Crippen LogP contribution in [0.4, 0.5) is 0 Å². The normalized spacial score (nSPS) is 51.8. The molecule has 2 saturated carbocycles. The van der Waals surface area contributed by atoms with Gasteiger partial charge in [0.2, 0.25) is 0 Å². The summed E-state index contributed by atoms with van der Waals surface area (Å²) in [5, 5.41) is 27.8. The van der Waals surface area contributed by atoms with Crippen molar-refractivity contribution >= 4 is 0 Å². The highest BCUT2D eigenvalue weighted by Crippen LogP contribution is 2.56. The molecule has 2 aliphatic carbocycles. The predicted molar refractivity (Wildman–Crippen MR) is 43.4 cm³/mol. The number of fused-ring (bicyclic) bond motifs is 2. The van der Waals surface area contributed by atoms with E-state index < -0.39 is 0 Å². The minimum atomic E-state index is -0.338. The number of aliphatic hydroxyl groups excluding tert-OH is 3. The quantitative estimate of drug-likeness (QED) is 0.538. The van der Waals surface area contributed by atoms with Crippen LogP contribution in [-0.2, 0) is 0 Å². The summed E-state index contributed by atoms with van der Waals surface area (Å²) in [6.45, 7) is 0.278. The van der Waals surface area contributed by atoms with Crippen LogP contribution in [-0.4, -0.2) is 34.6 Å². The van der Waals surface area contributed by atoms with Crippen LogP contribution in [0.2, 0.25) is 0 Å². The van der Waals surface area contributed by atoms with E-state index in [0.29, 0.717) is 11.8 Å². The van der Waals surface area contributed by atoms with Gasteiger partial charge < -0.3 is 15.3 Å². The molecule has 0 aromatic heterocycles. The van der Waals surface area contributed by atoms with Gasteiger partial charge in [0.05, 0.1) is 12.7 Å². The number of hydrogen-bond donors (Lipinski definition) is 3. The van der Waals surface area contributed by atoms with Crippen molar-refractivity contribution in [1.82, 2.24) is 0 Å². The van der Waals surface area contributed by atoms with Crippen molar-refractivity contribution in [3.05, 3.63) is 0 Å². The van der Waals surface area contributed by atoms with Crippen molar-refractivity contribution in [1.29, 1.82) is 0 Å². The van der Waals surface area contributed by atoms with Crippen molar-refractivity contribution in [3.8, 4) is 0 Å². The Morgan fingerprint density at radius 3 is 2.50 bits per heavy atom. The van der Waals surface area contributed by atoms with Crippen LogP contribution >= 0.6 is 0 Å². The first-order valence-corrected chi connectivity index (χ1v) is 4.61. The molecular weight excluding hydrogens is 156 g/mol. The monoisotopic (exact) mass is 172 g/mol. The van der Waals surface area contributed by atoms with Gasteiger partial charge in [0.1, 0.15) is 0 Å². The van der Waals surface area contributed by atoms with Crippen LogP contribution in [0, 0.1) is 17.3 Å². The summed E-state index contributed by atoms with van der Waals surface area (Å²) in [7, 11) is 0. The van der Waals surface area contributed by atoms with Gasteiger partial charge in [-0.25, -0.2) is 0 Å². The smallest absolute Gasteiger partial charge is 0.0621 e. The van der Waals surface area contributed by atoms with E-state index in [4.69, 9.17) is 5.11 Å². The number of rotatable bonds is 2. The SMILES string of the molecule is OCC1CC2(CO)CC1CC2O. The van der Waals surface area contributed by atoms with E-state index in [1.165, 1.54) is 0 Å². The molecule has 70 valence electrons. The first-order chi connectivity index (χ1) is 5.72. The fourth-order valence-corrected chi connectivity index (χ4v) is 2.99. The Bertz CT molecular complexity index is 183. The molecule has 2 fully saturated rings. The maximum atomic E-state index is 9.64. The molecule has 0 aromatic rings. The summed E-state index contributed by atoms with van der Waals surface area (Å²) in [6, 6.07) is 0. The van der Waals surface area contributed by atoms with Gasteiger partial charge in [-0.1, -0.05) is 0 Å². The van der Waals surface area contributed by atoms with Gasteiger partial charge in [-0.15, -0.1) is 0 Å². The molecule has 0 spiro atoms. The molecule has 12 heavy (non-hydrogen) atoms. The molecule has 3 N–H and O–H groups in total. The average molecular weight is 172 g/mol. The Kier molecular flexibility index (Phi) is 1.90. The molecule has 0 heterocycles. The van der Waals surface area contributed by atoms with Crippen LogP contribution in [0.3, 0.4) is 0 Å². The van der Waals surface area contributed by atoms with E-state index in [1.807, 2.05) is 0 Å². The van der Waals surface area contributed by atoms with E-state index in [1.54, 1.807) is 0 Å². The summed E-state index contributed by atoms with van der Waals surface area (Å²) >= 11 is 0. The Labute approximate surface area is 72.0 Å². The summed E-state index contributed by atoms with van der Waals surface area (Å²) in [6.07, 6.45) is 2.13. The topological polar surface area (TPSA) is 60.7 Å². The number of aliphatic hydroxyl groups is 3.